The summed E-state index contributed by atoms with van der Waals surface area (Å²) < 4.78 is 0. The van der Waals surface area contributed by atoms with Crippen molar-refractivity contribution in [3.63, 3.8) is 0 Å². The van der Waals surface area contributed by atoms with Crippen LogP contribution in [0.3, 0.4) is 0 Å². The second-order valence-electron chi connectivity index (χ2n) is 7.00. The molecule has 0 radical (unpaired) electrons. The largest absolute Gasteiger partial charge is 0.381 e. The van der Waals surface area contributed by atoms with E-state index in [1.54, 1.807) is 18.0 Å². The molecular weight excluding hydrogens is 346 g/mol. The number of allylic oxidation sites excluding steroid dienone is 3. The van der Waals surface area contributed by atoms with E-state index in [-0.39, 0.29) is 6.04 Å². The summed E-state index contributed by atoms with van der Waals surface area (Å²) in [4.78, 5) is 8.17. The van der Waals surface area contributed by atoms with E-state index in [0.29, 0.717) is 17.2 Å². The molecule has 1 fully saturated rings. The summed E-state index contributed by atoms with van der Waals surface area (Å²) >= 11 is 0. The summed E-state index contributed by atoms with van der Waals surface area (Å²) in [6.45, 7) is 4.17. The molecule has 1 aliphatic carbocycles. The molecule has 0 amide bonds. The van der Waals surface area contributed by atoms with Crippen LogP contribution in [0.5, 0.6) is 0 Å². The number of nitrogen functional groups attached to an aromatic ring is 1. The van der Waals surface area contributed by atoms with Gasteiger partial charge in [-0.15, -0.1) is 0 Å². The smallest absolute Gasteiger partial charge is 0.169 e. The molecular formula is C23H25N5. The Morgan fingerprint density at radius 2 is 1.96 bits per heavy atom. The molecule has 0 unspecified atom stereocenters. The molecule has 5 nitrogen and oxygen atoms in total. The van der Waals surface area contributed by atoms with Crippen molar-refractivity contribution in [2.24, 2.45) is 0 Å². The average Bonchev–Trinajstić information content (AvgIpc) is 3.53. The maximum atomic E-state index is 7.62. The zero-order chi connectivity index (χ0) is 19.9. The number of rotatable bonds is 6. The second kappa shape index (κ2) is 9.01. The Labute approximate surface area is 166 Å². The van der Waals surface area contributed by atoms with Crippen LogP contribution in [0.1, 0.15) is 37.8 Å². The van der Waals surface area contributed by atoms with E-state index in [2.05, 4.69) is 46.2 Å². The molecule has 1 aromatic heterocycles. The zero-order valence-corrected chi connectivity index (χ0v) is 16.3. The minimum atomic E-state index is -0.0919. The second-order valence-corrected chi connectivity index (χ2v) is 7.00. The van der Waals surface area contributed by atoms with Gasteiger partial charge >= 0.3 is 0 Å². The van der Waals surface area contributed by atoms with E-state index < -0.39 is 0 Å². The number of nitrogens with zero attached hydrogens (tertiary/aromatic N) is 2. The first-order valence-electron chi connectivity index (χ1n) is 9.39. The van der Waals surface area contributed by atoms with Crippen molar-refractivity contribution >= 4 is 17.9 Å². The molecule has 1 aliphatic rings. The maximum Gasteiger partial charge on any atom is 0.169 e. The summed E-state index contributed by atoms with van der Waals surface area (Å²) in [5, 5.41) is 10.8. The van der Waals surface area contributed by atoms with Crippen LogP contribution in [-0.4, -0.2) is 22.2 Å². The third-order valence-corrected chi connectivity index (χ3v) is 4.55. The van der Waals surface area contributed by atoms with Gasteiger partial charge in [0.25, 0.3) is 0 Å². The topological polar surface area (TPSA) is 87.7 Å². The monoisotopic (exact) mass is 371 g/mol. The van der Waals surface area contributed by atoms with Gasteiger partial charge in [0.1, 0.15) is 0 Å². The Morgan fingerprint density at radius 1 is 1.25 bits per heavy atom. The van der Waals surface area contributed by atoms with Gasteiger partial charge in [-0.25, -0.2) is 9.97 Å². The van der Waals surface area contributed by atoms with Gasteiger partial charge < -0.3 is 16.5 Å². The Morgan fingerprint density at radius 3 is 2.61 bits per heavy atom. The molecule has 1 aromatic carbocycles. The summed E-state index contributed by atoms with van der Waals surface area (Å²) in [6, 6.07) is 8.25. The van der Waals surface area contributed by atoms with Gasteiger partial charge in [-0.3, -0.25) is 0 Å². The third-order valence-electron chi connectivity index (χ3n) is 4.55. The summed E-state index contributed by atoms with van der Waals surface area (Å²) in [5.41, 5.74) is 11.8. The van der Waals surface area contributed by atoms with Crippen molar-refractivity contribution in [1.82, 2.24) is 9.97 Å². The van der Waals surface area contributed by atoms with Gasteiger partial charge in [0.05, 0.1) is 0 Å². The van der Waals surface area contributed by atoms with Crippen LogP contribution >= 0.6 is 0 Å². The average molecular weight is 371 g/mol. The van der Waals surface area contributed by atoms with Crippen LogP contribution in [-0.2, 0) is 6.42 Å². The number of benzene rings is 1. The van der Waals surface area contributed by atoms with Crippen molar-refractivity contribution in [2.75, 3.05) is 11.1 Å². The first-order valence-corrected chi connectivity index (χ1v) is 9.39. The fraction of sp³-hybridized carbons (Fsp3) is 0.261. The Balaban J connectivity index is 1.65. The highest BCUT2D eigenvalue weighted by atomic mass is 15.1. The minimum Gasteiger partial charge on any atom is -0.381 e. The molecule has 0 aliphatic heterocycles. The standard InChI is InChI=1S/C23H25N5/c1-16(21-9-10-21)13-19-6-3-18(4-7-19)5-8-20(15-24)14-17(2)28-23-22(25)26-11-12-27-23/h3-4,6-7,11-12,14-15,17,24H,9-10,13H2,1-2H3,(H2,25,26)(H,27,28)/b20-14-,24-15?/t17-/m1/s1. The van der Waals surface area contributed by atoms with Crippen LogP contribution in [0.15, 0.2) is 59.5 Å². The van der Waals surface area contributed by atoms with Crippen molar-refractivity contribution < 1.29 is 0 Å². The third kappa shape index (κ3) is 5.55. The van der Waals surface area contributed by atoms with Crippen LogP contribution in [0.4, 0.5) is 11.6 Å². The van der Waals surface area contributed by atoms with E-state index in [9.17, 15) is 0 Å². The highest BCUT2D eigenvalue weighted by Gasteiger charge is 2.14. The molecule has 4 N–H and O–H groups in total. The molecule has 3 rings (SSSR count). The van der Waals surface area contributed by atoms with Gasteiger partial charge in [-0.1, -0.05) is 35.1 Å². The van der Waals surface area contributed by atoms with Gasteiger partial charge in [0.15, 0.2) is 11.6 Å². The quantitative estimate of drug-likeness (QED) is 0.404. The number of hydrogen-bond acceptors (Lipinski definition) is 5. The van der Waals surface area contributed by atoms with Gasteiger partial charge in [-0.2, -0.15) is 0 Å². The van der Waals surface area contributed by atoms with E-state index in [0.717, 1.165) is 12.0 Å². The Hall–Kier alpha value is -3.39. The Bertz CT molecular complexity index is 968. The Kier molecular flexibility index (Phi) is 6.23. The number of nitrogens with two attached hydrogens (primary N) is 1. The highest BCUT2D eigenvalue weighted by molar-refractivity contribution is 5.83. The molecule has 1 atom stereocenters. The van der Waals surface area contributed by atoms with Crippen LogP contribution in [0.2, 0.25) is 0 Å². The summed E-state index contributed by atoms with van der Waals surface area (Å²) in [5.74, 6) is 7.06. The predicted octanol–water partition coefficient (Wildman–Crippen LogP) is 4.14. The molecule has 28 heavy (non-hydrogen) atoms. The SMILES string of the molecule is CC(Cc1ccc(C#C/C(C=N)=C/[C@@H](C)Nc2nccnc2N)cc1)=C1CC1. The number of hydrogen-bond donors (Lipinski definition) is 3. The minimum absolute atomic E-state index is 0.0919. The first kappa shape index (κ1) is 19.4. The normalized spacial score (nSPS) is 13.9. The van der Waals surface area contributed by atoms with E-state index in [1.165, 1.54) is 30.2 Å². The lowest BCUT2D eigenvalue weighted by atomic mass is 10.0. The van der Waals surface area contributed by atoms with Crippen LogP contribution in [0, 0.1) is 17.3 Å². The molecule has 1 saturated carbocycles. The van der Waals surface area contributed by atoms with Gasteiger partial charge in [0.2, 0.25) is 0 Å². The van der Waals surface area contributed by atoms with Gasteiger partial charge in [0, 0.05) is 35.8 Å². The van der Waals surface area contributed by atoms with E-state index in [1.807, 2.05) is 25.1 Å². The number of nitrogens with one attached hydrogen (secondary N) is 2. The lowest BCUT2D eigenvalue weighted by Gasteiger charge is -2.11. The molecule has 0 saturated heterocycles. The van der Waals surface area contributed by atoms with E-state index >= 15 is 0 Å². The highest BCUT2D eigenvalue weighted by Crippen LogP contribution is 2.32. The molecule has 142 valence electrons. The number of anilines is 2. The summed E-state index contributed by atoms with van der Waals surface area (Å²) in [7, 11) is 0. The van der Waals surface area contributed by atoms with Crippen molar-refractivity contribution in [3.05, 3.63) is 70.6 Å². The molecule has 0 spiro atoms. The fourth-order valence-electron chi connectivity index (χ4n) is 2.88. The first-order chi connectivity index (χ1) is 13.5. The van der Waals surface area contributed by atoms with Crippen molar-refractivity contribution in [3.8, 4) is 11.8 Å². The van der Waals surface area contributed by atoms with Crippen LogP contribution < -0.4 is 11.1 Å². The zero-order valence-electron chi connectivity index (χ0n) is 16.3. The fourth-order valence-corrected chi connectivity index (χ4v) is 2.88. The van der Waals surface area contributed by atoms with Crippen LogP contribution in [0.25, 0.3) is 0 Å². The van der Waals surface area contributed by atoms with Gasteiger partial charge in [-0.05, 0) is 56.9 Å². The van der Waals surface area contributed by atoms with Crippen molar-refractivity contribution in [2.45, 2.75) is 39.2 Å². The lowest BCUT2D eigenvalue weighted by molar-refractivity contribution is 0.973. The van der Waals surface area contributed by atoms with E-state index in [4.69, 9.17) is 11.1 Å². The molecule has 0 bridgehead atoms. The predicted molar refractivity (Wildman–Crippen MR) is 115 cm³/mol. The molecule has 1 heterocycles. The molecule has 2 aromatic rings. The number of aromatic nitrogens is 2. The van der Waals surface area contributed by atoms with Crippen molar-refractivity contribution in [1.29, 1.82) is 5.41 Å². The molecule has 5 heteroatoms. The summed E-state index contributed by atoms with van der Waals surface area (Å²) in [6.07, 6.45) is 9.81. The lowest BCUT2D eigenvalue weighted by Crippen LogP contribution is -2.15. The maximum absolute atomic E-state index is 7.62.